The fourth-order valence-electron chi connectivity index (χ4n) is 2.41. The Morgan fingerprint density at radius 2 is 1.38 bits per heavy atom. The summed E-state index contributed by atoms with van der Waals surface area (Å²) < 4.78 is 5.29. The van der Waals surface area contributed by atoms with Crippen LogP contribution in [0, 0.1) is 0 Å². The van der Waals surface area contributed by atoms with Crippen LogP contribution in [0.1, 0.15) is 20.7 Å². The second-order valence-electron chi connectivity index (χ2n) is 5.17. The molecule has 0 saturated heterocycles. The first-order valence-electron chi connectivity index (χ1n) is 7.41. The molecule has 0 bridgehead atoms. The van der Waals surface area contributed by atoms with Gasteiger partial charge in [-0.05, 0) is 35.0 Å². The number of carbonyl (C=O) groups excluding carboxylic acids is 2. The van der Waals surface area contributed by atoms with Crippen LogP contribution in [0.4, 0.5) is 0 Å². The van der Waals surface area contributed by atoms with E-state index in [4.69, 9.17) is 4.74 Å². The van der Waals surface area contributed by atoms with Crippen LogP contribution in [-0.4, -0.2) is 18.9 Å². The molecule has 5 heteroatoms. The van der Waals surface area contributed by atoms with Crippen LogP contribution < -0.4 is 15.6 Å². The zero-order valence-electron chi connectivity index (χ0n) is 13.1. The van der Waals surface area contributed by atoms with Gasteiger partial charge in [-0.3, -0.25) is 20.4 Å². The number of amides is 2. The van der Waals surface area contributed by atoms with E-state index in [0.717, 1.165) is 10.8 Å². The van der Waals surface area contributed by atoms with E-state index in [2.05, 4.69) is 10.9 Å². The van der Waals surface area contributed by atoms with Gasteiger partial charge in [0, 0.05) is 5.56 Å². The molecule has 0 saturated carbocycles. The van der Waals surface area contributed by atoms with Crippen molar-refractivity contribution in [2.24, 2.45) is 0 Å². The molecule has 0 aliphatic heterocycles. The van der Waals surface area contributed by atoms with Crippen molar-refractivity contribution in [3.8, 4) is 5.75 Å². The van der Waals surface area contributed by atoms with Gasteiger partial charge in [0.15, 0.2) is 0 Å². The molecule has 0 aromatic heterocycles. The molecule has 2 N–H and O–H groups in total. The maximum Gasteiger partial charge on any atom is 0.273 e. The summed E-state index contributed by atoms with van der Waals surface area (Å²) in [6, 6.07) is 19.8. The summed E-state index contributed by atoms with van der Waals surface area (Å²) in [6.07, 6.45) is 0. The van der Waals surface area contributed by atoms with Crippen molar-refractivity contribution in [1.82, 2.24) is 10.9 Å². The molecule has 120 valence electrons. The summed E-state index contributed by atoms with van der Waals surface area (Å²) >= 11 is 0. The predicted molar refractivity (Wildman–Crippen MR) is 91.9 cm³/mol. The van der Waals surface area contributed by atoms with E-state index in [1.165, 1.54) is 7.11 Å². The van der Waals surface area contributed by atoms with Crippen molar-refractivity contribution in [3.63, 3.8) is 0 Å². The number of hydrogen-bond acceptors (Lipinski definition) is 3. The van der Waals surface area contributed by atoms with Crippen molar-refractivity contribution in [3.05, 3.63) is 77.9 Å². The third kappa shape index (κ3) is 3.20. The van der Waals surface area contributed by atoms with Crippen LogP contribution in [0.3, 0.4) is 0 Å². The number of fused-ring (bicyclic) bond motifs is 1. The maximum absolute atomic E-state index is 12.4. The molecule has 0 fully saturated rings. The topological polar surface area (TPSA) is 67.4 Å². The molecule has 0 heterocycles. The van der Waals surface area contributed by atoms with E-state index in [0.29, 0.717) is 16.9 Å². The maximum atomic E-state index is 12.4. The van der Waals surface area contributed by atoms with Gasteiger partial charge in [-0.1, -0.05) is 42.5 Å². The largest absolute Gasteiger partial charge is 0.496 e. The Morgan fingerprint density at radius 3 is 2.04 bits per heavy atom. The number of methoxy groups -OCH3 is 1. The van der Waals surface area contributed by atoms with Crippen LogP contribution in [0.25, 0.3) is 10.8 Å². The predicted octanol–water partition coefficient (Wildman–Crippen LogP) is 2.92. The van der Waals surface area contributed by atoms with Crippen molar-refractivity contribution >= 4 is 22.6 Å². The highest BCUT2D eigenvalue weighted by Crippen LogP contribution is 2.25. The van der Waals surface area contributed by atoms with Gasteiger partial charge in [0.2, 0.25) is 0 Å². The summed E-state index contributed by atoms with van der Waals surface area (Å²) in [5.41, 5.74) is 5.63. The van der Waals surface area contributed by atoms with Gasteiger partial charge in [-0.2, -0.15) is 0 Å². The lowest BCUT2D eigenvalue weighted by atomic mass is 10.1. The Morgan fingerprint density at radius 1 is 0.792 bits per heavy atom. The second kappa shape index (κ2) is 6.83. The van der Waals surface area contributed by atoms with E-state index in [1.54, 1.807) is 36.4 Å². The van der Waals surface area contributed by atoms with Gasteiger partial charge in [-0.15, -0.1) is 0 Å². The molecule has 2 amide bonds. The van der Waals surface area contributed by atoms with Gasteiger partial charge in [0.05, 0.1) is 12.7 Å². The molecule has 0 unspecified atom stereocenters. The lowest BCUT2D eigenvalue weighted by Crippen LogP contribution is -2.41. The van der Waals surface area contributed by atoms with Crippen LogP contribution >= 0.6 is 0 Å². The number of carbonyl (C=O) groups is 2. The first-order chi connectivity index (χ1) is 11.7. The molecule has 0 atom stereocenters. The minimum atomic E-state index is -0.443. The highest BCUT2D eigenvalue weighted by Gasteiger charge is 2.14. The lowest BCUT2D eigenvalue weighted by Gasteiger charge is -2.12. The van der Waals surface area contributed by atoms with E-state index in [1.807, 2.05) is 30.3 Å². The summed E-state index contributed by atoms with van der Waals surface area (Å²) in [5.74, 6) is -0.384. The van der Waals surface area contributed by atoms with Crippen LogP contribution in [0.5, 0.6) is 5.75 Å². The summed E-state index contributed by atoms with van der Waals surface area (Å²) in [6.45, 7) is 0. The molecule has 5 nitrogen and oxygen atoms in total. The molecule has 0 aliphatic carbocycles. The van der Waals surface area contributed by atoms with Crippen molar-refractivity contribution in [1.29, 1.82) is 0 Å². The monoisotopic (exact) mass is 320 g/mol. The molecule has 24 heavy (non-hydrogen) atoms. The van der Waals surface area contributed by atoms with Gasteiger partial charge in [0.25, 0.3) is 11.8 Å². The van der Waals surface area contributed by atoms with E-state index in [-0.39, 0.29) is 5.91 Å². The molecule has 0 radical (unpaired) electrons. The third-order valence-electron chi connectivity index (χ3n) is 3.64. The Labute approximate surface area is 139 Å². The Balaban J connectivity index is 1.79. The van der Waals surface area contributed by atoms with Crippen LogP contribution in [0.2, 0.25) is 0 Å². The number of benzene rings is 3. The van der Waals surface area contributed by atoms with Gasteiger partial charge < -0.3 is 4.74 Å². The standard InChI is InChI=1S/C19H16N2O3/c1-24-17-12-15-10-6-5-9-14(15)11-16(17)19(23)21-20-18(22)13-7-3-2-4-8-13/h2-12H,1H3,(H,20,22)(H,21,23). The lowest BCUT2D eigenvalue weighted by molar-refractivity contribution is 0.0845. The second-order valence-corrected chi connectivity index (χ2v) is 5.17. The van der Waals surface area contributed by atoms with Gasteiger partial charge >= 0.3 is 0 Å². The van der Waals surface area contributed by atoms with E-state index in [9.17, 15) is 9.59 Å². The number of hydrogen-bond donors (Lipinski definition) is 2. The van der Waals surface area contributed by atoms with Crippen LogP contribution in [-0.2, 0) is 0 Å². The average molecular weight is 320 g/mol. The fourth-order valence-corrected chi connectivity index (χ4v) is 2.41. The van der Waals surface area contributed by atoms with Gasteiger partial charge in [0.1, 0.15) is 5.75 Å². The smallest absolute Gasteiger partial charge is 0.273 e. The summed E-state index contributed by atoms with van der Waals surface area (Å²) in [5, 5.41) is 1.89. The number of hydrazine groups is 1. The first kappa shape index (κ1) is 15.6. The molecule has 3 aromatic rings. The number of ether oxygens (including phenoxy) is 1. The minimum Gasteiger partial charge on any atom is -0.496 e. The van der Waals surface area contributed by atoms with Crippen molar-refractivity contribution < 1.29 is 14.3 Å². The molecule has 0 aliphatic rings. The van der Waals surface area contributed by atoms with Crippen molar-refractivity contribution in [2.75, 3.05) is 7.11 Å². The molecular formula is C19H16N2O3. The highest BCUT2D eigenvalue weighted by atomic mass is 16.5. The van der Waals surface area contributed by atoms with Gasteiger partial charge in [-0.25, -0.2) is 0 Å². The summed E-state index contributed by atoms with van der Waals surface area (Å²) in [4.78, 5) is 24.4. The SMILES string of the molecule is COc1cc2ccccc2cc1C(=O)NNC(=O)c1ccccc1. The summed E-state index contributed by atoms with van der Waals surface area (Å²) in [7, 11) is 1.50. The Kier molecular flexibility index (Phi) is 4.43. The first-order valence-corrected chi connectivity index (χ1v) is 7.41. The normalized spacial score (nSPS) is 10.2. The Hall–Kier alpha value is -3.34. The number of nitrogens with one attached hydrogen (secondary N) is 2. The zero-order valence-corrected chi connectivity index (χ0v) is 13.1. The van der Waals surface area contributed by atoms with Crippen molar-refractivity contribution in [2.45, 2.75) is 0 Å². The molecule has 0 spiro atoms. The van der Waals surface area contributed by atoms with E-state index >= 15 is 0 Å². The molecular weight excluding hydrogens is 304 g/mol. The Bertz CT molecular complexity index is 892. The quantitative estimate of drug-likeness (QED) is 0.729. The third-order valence-corrected chi connectivity index (χ3v) is 3.64. The van der Waals surface area contributed by atoms with E-state index < -0.39 is 5.91 Å². The molecule has 3 rings (SSSR count). The number of rotatable bonds is 3. The minimum absolute atomic E-state index is 0.351. The molecule has 3 aromatic carbocycles. The fraction of sp³-hybridized carbons (Fsp3) is 0.0526. The highest BCUT2D eigenvalue weighted by molar-refractivity contribution is 6.03. The zero-order chi connectivity index (χ0) is 16.9. The average Bonchev–Trinajstić information content (AvgIpc) is 2.65. The van der Waals surface area contributed by atoms with Crippen LogP contribution in [0.15, 0.2) is 66.7 Å².